The molecule has 0 bridgehead atoms. The van der Waals surface area contributed by atoms with Gasteiger partial charge < -0.3 is 14.4 Å². The zero-order chi connectivity index (χ0) is 16.6. The number of ether oxygens (including phenoxy) is 2. The van der Waals surface area contributed by atoms with Crippen LogP contribution < -0.4 is 9.64 Å². The molecule has 0 radical (unpaired) electrons. The van der Waals surface area contributed by atoms with E-state index in [9.17, 15) is 0 Å². The zero-order valence-electron chi connectivity index (χ0n) is 14.0. The first-order chi connectivity index (χ1) is 11.6. The lowest BCUT2D eigenvalue weighted by Crippen LogP contribution is -2.66. The van der Waals surface area contributed by atoms with Crippen LogP contribution in [0.25, 0.3) is 0 Å². The van der Waals surface area contributed by atoms with Crippen molar-refractivity contribution in [3.63, 3.8) is 0 Å². The van der Waals surface area contributed by atoms with Crippen LogP contribution in [0.1, 0.15) is 24.2 Å². The summed E-state index contributed by atoms with van der Waals surface area (Å²) >= 11 is 0. The van der Waals surface area contributed by atoms with Crippen LogP contribution in [-0.4, -0.2) is 51.6 Å². The van der Waals surface area contributed by atoms with Gasteiger partial charge in [-0.05, 0) is 26.0 Å². The predicted octanol–water partition coefficient (Wildman–Crippen LogP) is 1.70. The summed E-state index contributed by atoms with van der Waals surface area (Å²) in [6.45, 7) is 6.21. The van der Waals surface area contributed by atoms with E-state index in [-0.39, 0.29) is 11.7 Å². The van der Waals surface area contributed by atoms with Gasteiger partial charge in [0.2, 0.25) is 5.88 Å². The van der Waals surface area contributed by atoms with Crippen LogP contribution in [0.4, 0.5) is 5.82 Å². The van der Waals surface area contributed by atoms with E-state index < -0.39 is 0 Å². The molecule has 2 aromatic heterocycles. The SMILES string of the molecule is Cc1ccc(N2CC3(CC(Oc4cncc(C)n4)CCO3)C2)nn1. The number of aryl methyl sites for hydroxylation is 2. The monoisotopic (exact) mass is 327 g/mol. The first-order valence-electron chi connectivity index (χ1n) is 8.26. The molecular formula is C17H21N5O2. The molecule has 1 unspecified atom stereocenters. The Bertz CT molecular complexity index is 715. The maximum Gasteiger partial charge on any atom is 0.232 e. The van der Waals surface area contributed by atoms with Crippen molar-refractivity contribution in [1.29, 1.82) is 0 Å². The first kappa shape index (κ1) is 15.3. The highest BCUT2D eigenvalue weighted by atomic mass is 16.5. The second kappa shape index (κ2) is 5.98. The molecule has 126 valence electrons. The number of hydrogen-bond acceptors (Lipinski definition) is 7. The molecule has 0 N–H and O–H groups in total. The van der Waals surface area contributed by atoms with Crippen LogP contribution in [0.3, 0.4) is 0 Å². The molecule has 24 heavy (non-hydrogen) atoms. The van der Waals surface area contributed by atoms with Gasteiger partial charge in [0.25, 0.3) is 0 Å². The second-order valence-electron chi connectivity index (χ2n) is 6.65. The van der Waals surface area contributed by atoms with Gasteiger partial charge in [0, 0.05) is 19.0 Å². The molecule has 0 amide bonds. The minimum absolute atomic E-state index is 0.112. The normalized spacial score (nSPS) is 22.2. The van der Waals surface area contributed by atoms with E-state index in [1.807, 2.05) is 26.0 Å². The van der Waals surface area contributed by atoms with Gasteiger partial charge >= 0.3 is 0 Å². The Morgan fingerprint density at radius 1 is 1.17 bits per heavy atom. The van der Waals surface area contributed by atoms with E-state index in [1.54, 1.807) is 12.4 Å². The molecule has 2 saturated heterocycles. The maximum atomic E-state index is 6.06. The van der Waals surface area contributed by atoms with E-state index in [2.05, 4.69) is 25.1 Å². The minimum atomic E-state index is -0.146. The summed E-state index contributed by atoms with van der Waals surface area (Å²) in [4.78, 5) is 10.7. The average molecular weight is 327 g/mol. The summed E-state index contributed by atoms with van der Waals surface area (Å²) in [5.41, 5.74) is 1.64. The third kappa shape index (κ3) is 3.03. The van der Waals surface area contributed by atoms with Gasteiger partial charge in [0.05, 0.1) is 37.3 Å². The summed E-state index contributed by atoms with van der Waals surface area (Å²) in [6, 6.07) is 3.99. The number of rotatable bonds is 3. The molecular weight excluding hydrogens is 306 g/mol. The quantitative estimate of drug-likeness (QED) is 0.849. The lowest BCUT2D eigenvalue weighted by atomic mass is 9.84. The van der Waals surface area contributed by atoms with E-state index in [0.29, 0.717) is 12.5 Å². The molecule has 2 aromatic rings. The Labute approximate surface area is 141 Å². The van der Waals surface area contributed by atoms with Crippen LogP contribution in [0, 0.1) is 13.8 Å². The summed E-state index contributed by atoms with van der Waals surface area (Å²) in [7, 11) is 0. The highest BCUT2D eigenvalue weighted by Crippen LogP contribution is 2.37. The Morgan fingerprint density at radius 2 is 2.04 bits per heavy atom. The first-order valence-corrected chi connectivity index (χ1v) is 8.26. The lowest BCUT2D eigenvalue weighted by molar-refractivity contribution is -0.126. The smallest absolute Gasteiger partial charge is 0.232 e. The fraction of sp³-hybridized carbons (Fsp3) is 0.529. The van der Waals surface area contributed by atoms with Crippen LogP contribution in [0.15, 0.2) is 24.5 Å². The Kier molecular flexibility index (Phi) is 3.80. The maximum absolute atomic E-state index is 6.06. The van der Waals surface area contributed by atoms with Crippen molar-refractivity contribution in [3.8, 4) is 5.88 Å². The van der Waals surface area contributed by atoms with Crippen molar-refractivity contribution < 1.29 is 9.47 Å². The summed E-state index contributed by atoms with van der Waals surface area (Å²) in [5.74, 6) is 1.50. The van der Waals surface area contributed by atoms with Crippen LogP contribution in [0.5, 0.6) is 5.88 Å². The molecule has 2 aliphatic rings. The largest absolute Gasteiger partial charge is 0.473 e. The van der Waals surface area contributed by atoms with Gasteiger partial charge in [-0.25, -0.2) is 4.98 Å². The fourth-order valence-corrected chi connectivity index (χ4v) is 3.34. The lowest BCUT2D eigenvalue weighted by Gasteiger charge is -2.53. The Balaban J connectivity index is 1.38. The number of anilines is 1. The predicted molar refractivity (Wildman–Crippen MR) is 88.1 cm³/mol. The highest BCUT2D eigenvalue weighted by molar-refractivity contribution is 5.43. The van der Waals surface area contributed by atoms with Gasteiger partial charge in [0.1, 0.15) is 11.7 Å². The summed E-state index contributed by atoms with van der Waals surface area (Å²) in [5, 5.41) is 8.37. The highest BCUT2D eigenvalue weighted by Gasteiger charge is 2.48. The molecule has 0 saturated carbocycles. The molecule has 2 aliphatic heterocycles. The summed E-state index contributed by atoms with van der Waals surface area (Å²) < 4.78 is 12.1. The Morgan fingerprint density at radius 3 is 2.79 bits per heavy atom. The van der Waals surface area contributed by atoms with E-state index in [1.165, 1.54) is 0 Å². The standard InChI is InChI=1S/C17H21N5O2/c1-12-3-4-15(21-20-12)22-10-17(11-22)7-14(5-6-23-17)24-16-9-18-8-13(2)19-16/h3-4,8-9,14H,5-7,10-11H2,1-2H3. The van der Waals surface area contributed by atoms with Crippen molar-refractivity contribution >= 4 is 5.82 Å². The number of hydrogen-bond donors (Lipinski definition) is 0. The molecule has 7 nitrogen and oxygen atoms in total. The van der Waals surface area contributed by atoms with Gasteiger partial charge in [-0.1, -0.05) is 0 Å². The number of nitrogens with zero attached hydrogens (tertiary/aromatic N) is 5. The average Bonchev–Trinajstić information content (AvgIpc) is 2.54. The molecule has 0 aromatic carbocycles. The van der Waals surface area contributed by atoms with Gasteiger partial charge in [0.15, 0.2) is 5.82 Å². The molecule has 0 aliphatic carbocycles. The zero-order valence-corrected chi connectivity index (χ0v) is 14.0. The third-order valence-corrected chi connectivity index (χ3v) is 4.53. The van der Waals surface area contributed by atoms with Gasteiger partial charge in [-0.15, -0.1) is 5.10 Å². The summed E-state index contributed by atoms with van der Waals surface area (Å²) in [6.07, 6.45) is 5.25. The Hall–Kier alpha value is -2.28. The van der Waals surface area contributed by atoms with E-state index >= 15 is 0 Å². The van der Waals surface area contributed by atoms with E-state index in [4.69, 9.17) is 9.47 Å². The van der Waals surface area contributed by atoms with Crippen molar-refractivity contribution in [3.05, 3.63) is 35.9 Å². The van der Waals surface area contributed by atoms with Gasteiger partial charge in [-0.3, -0.25) is 4.98 Å². The third-order valence-electron chi connectivity index (χ3n) is 4.53. The van der Waals surface area contributed by atoms with Crippen molar-refractivity contribution in [2.45, 2.75) is 38.4 Å². The topological polar surface area (TPSA) is 73.3 Å². The fourth-order valence-electron chi connectivity index (χ4n) is 3.34. The van der Waals surface area contributed by atoms with Crippen LogP contribution in [-0.2, 0) is 4.74 Å². The molecule has 1 spiro atoms. The molecule has 1 atom stereocenters. The van der Waals surface area contributed by atoms with Gasteiger partial charge in [-0.2, -0.15) is 5.10 Å². The second-order valence-corrected chi connectivity index (χ2v) is 6.65. The molecule has 4 rings (SSSR count). The van der Waals surface area contributed by atoms with Crippen molar-refractivity contribution in [2.24, 2.45) is 0 Å². The molecule has 7 heteroatoms. The van der Waals surface area contributed by atoms with Crippen molar-refractivity contribution in [2.75, 3.05) is 24.6 Å². The molecule has 4 heterocycles. The number of aromatic nitrogens is 4. The molecule has 2 fully saturated rings. The van der Waals surface area contributed by atoms with E-state index in [0.717, 1.165) is 43.1 Å². The van der Waals surface area contributed by atoms with Crippen molar-refractivity contribution in [1.82, 2.24) is 20.2 Å². The van der Waals surface area contributed by atoms with Crippen LogP contribution >= 0.6 is 0 Å². The minimum Gasteiger partial charge on any atom is -0.473 e. The van der Waals surface area contributed by atoms with Crippen LogP contribution in [0.2, 0.25) is 0 Å².